The van der Waals surface area contributed by atoms with Crippen LogP contribution in [0.15, 0.2) is 42.6 Å². The fraction of sp³-hybridized carbons (Fsp3) is 0.552. The lowest BCUT2D eigenvalue weighted by molar-refractivity contribution is 0.304. The summed E-state index contributed by atoms with van der Waals surface area (Å²) < 4.78 is 0. The number of aromatic nitrogens is 1. The SMILES string of the molecule is CCCCCCc1ccc(C#Cc2ccc(C3CCC(CCCC)CC3)cc2)nc1. The molecule has 1 aromatic carbocycles. The minimum atomic E-state index is 0.747. The average Bonchev–Trinajstić information content (AvgIpc) is 2.81. The zero-order valence-corrected chi connectivity index (χ0v) is 19.1. The van der Waals surface area contributed by atoms with Crippen LogP contribution in [0.4, 0.5) is 0 Å². The van der Waals surface area contributed by atoms with Crippen LogP contribution in [0.1, 0.15) is 113 Å². The largest absolute Gasteiger partial charge is 0.248 e. The Labute approximate surface area is 184 Å². The molecular formula is C29H39N. The second-order valence-electron chi connectivity index (χ2n) is 9.09. The fourth-order valence-electron chi connectivity index (χ4n) is 4.65. The van der Waals surface area contributed by atoms with Crippen molar-refractivity contribution >= 4 is 0 Å². The third kappa shape index (κ3) is 7.32. The molecule has 160 valence electrons. The minimum Gasteiger partial charge on any atom is -0.248 e. The second-order valence-corrected chi connectivity index (χ2v) is 9.09. The lowest BCUT2D eigenvalue weighted by Gasteiger charge is -2.28. The number of hydrogen-bond donors (Lipinski definition) is 0. The molecule has 0 radical (unpaired) electrons. The van der Waals surface area contributed by atoms with E-state index in [1.807, 2.05) is 6.20 Å². The van der Waals surface area contributed by atoms with Gasteiger partial charge in [-0.25, -0.2) is 4.98 Å². The van der Waals surface area contributed by atoms with E-state index in [9.17, 15) is 0 Å². The summed E-state index contributed by atoms with van der Waals surface area (Å²) in [6.07, 6.45) is 18.0. The van der Waals surface area contributed by atoms with Crippen molar-refractivity contribution in [3.63, 3.8) is 0 Å². The van der Waals surface area contributed by atoms with Crippen molar-refractivity contribution in [2.24, 2.45) is 5.92 Å². The van der Waals surface area contributed by atoms with E-state index in [0.29, 0.717) is 0 Å². The molecule has 0 N–H and O–H groups in total. The first-order valence-electron chi connectivity index (χ1n) is 12.4. The molecule has 1 heteroatoms. The molecule has 0 saturated heterocycles. The molecule has 1 nitrogen and oxygen atoms in total. The van der Waals surface area contributed by atoms with E-state index < -0.39 is 0 Å². The van der Waals surface area contributed by atoms with E-state index in [1.54, 1.807) is 0 Å². The summed E-state index contributed by atoms with van der Waals surface area (Å²) in [6, 6.07) is 13.2. The van der Waals surface area contributed by atoms with E-state index in [-0.39, 0.29) is 0 Å². The molecule has 0 aliphatic heterocycles. The zero-order chi connectivity index (χ0) is 21.0. The summed E-state index contributed by atoms with van der Waals surface area (Å²) in [7, 11) is 0. The van der Waals surface area contributed by atoms with Gasteiger partial charge >= 0.3 is 0 Å². The van der Waals surface area contributed by atoms with Gasteiger partial charge in [0, 0.05) is 11.8 Å². The highest BCUT2D eigenvalue weighted by Gasteiger charge is 2.21. The Morgan fingerprint density at radius 2 is 1.57 bits per heavy atom. The highest BCUT2D eigenvalue weighted by molar-refractivity contribution is 5.41. The Morgan fingerprint density at radius 3 is 2.23 bits per heavy atom. The summed E-state index contributed by atoms with van der Waals surface area (Å²) in [5, 5.41) is 0. The van der Waals surface area contributed by atoms with Crippen LogP contribution in [0.25, 0.3) is 0 Å². The minimum absolute atomic E-state index is 0.747. The van der Waals surface area contributed by atoms with Gasteiger partial charge in [0.2, 0.25) is 0 Å². The molecule has 0 unspecified atom stereocenters. The second kappa shape index (κ2) is 12.6. The molecule has 0 atom stereocenters. The normalized spacial score (nSPS) is 18.6. The summed E-state index contributed by atoms with van der Waals surface area (Å²) in [6.45, 7) is 4.55. The highest BCUT2D eigenvalue weighted by atomic mass is 14.7. The molecule has 0 bridgehead atoms. The van der Waals surface area contributed by atoms with Crippen LogP contribution in [0.5, 0.6) is 0 Å². The molecular weight excluding hydrogens is 362 g/mol. The Balaban J connectivity index is 1.49. The molecule has 1 aliphatic carbocycles. The summed E-state index contributed by atoms with van der Waals surface area (Å²) in [4.78, 5) is 4.54. The standard InChI is InChI=1S/C29H39N/c1-3-5-7-8-10-26-16-22-29(30-23-26)21-15-25-13-19-28(20-14-25)27-17-11-24(12-18-27)9-6-4-2/h13-14,16,19-20,22-24,27H,3-12,17-18H2,1-2H3. The van der Waals surface area contributed by atoms with Gasteiger partial charge in [0.25, 0.3) is 0 Å². The van der Waals surface area contributed by atoms with Crippen LogP contribution < -0.4 is 0 Å². The van der Waals surface area contributed by atoms with Gasteiger partial charge in [-0.2, -0.15) is 0 Å². The summed E-state index contributed by atoms with van der Waals surface area (Å²) >= 11 is 0. The van der Waals surface area contributed by atoms with Crippen LogP contribution in [0.2, 0.25) is 0 Å². The zero-order valence-electron chi connectivity index (χ0n) is 19.1. The van der Waals surface area contributed by atoms with E-state index in [4.69, 9.17) is 0 Å². The molecule has 30 heavy (non-hydrogen) atoms. The predicted molar refractivity (Wildman–Crippen MR) is 129 cm³/mol. The van der Waals surface area contributed by atoms with Gasteiger partial charge < -0.3 is 0 Å². The smallest absolute Gasteiger partial charge is 0.113 e. The van der Waals surface area contributed by atoms with E-state index in [1.165, 1.54) is 81.8 Å². The van der Waals surface area contributed by atoms with Gasteiger partial charge in [-0.05, 0) is 85.6 Å². The van der Waals surface area contributed by atoms with Crippen LogP contribution >= 0.6 is 0 Å². The third-order valence-electron chi connectivity index (χ3n) is 6.67. The number of benzene rings is 1. The quantitative estimate of drug-likeness (QED) is 0.306. The maximum atomic E-state index is 4.54. The highest BCUT2D eigenvalue weighted by Crippen LogP contribution is 2.37. The molecule has 0 spiro atoms. The van der Waals surface area contributed by atoms with Crippen LogP contribution in [0, 0.1) is 17.8 Å². The first-order valence-corrected chi connectivity index (χ1v) is 12.4. The lowest BCUT2D eigenvalue weighted by atomic mass is 9.77. The van der Waals surface area contributed by atoms with Gasteiger partial charge in [0.05, 0.1) is 0 Å². The van der Waals surface area contributed by atoms with Crippen molar-refractivity contribution in [1.29, 1.82) is 0 Å². The monoisotopic (exact) mass is 401 g/mol. The fourth-order valence-corrected chi connectivity index (χ4v) is 4.65. The van der Waals surface area contributed by atoms with Gasteiger partial charge in [-0.1, -0.05) is 76.5 Å². The Kier molecular flexibility index (Phi) is 9.49. The van der Waals surface area contributed by atoms with Crippen molar-refractivity contribution in [3.05, 3.63) is 65.0 Å². The van der Waals surface area contributed by atoms with Gasteiger partial charge in [-0.15, -0.1) is 0 Å². The van der Waals surface area contributed by atoms with Crippen LogP contribution in [-0.2, 0) is 6.42 Å². The van der Waals surface area contributed by atoms with Crippen molar-refractivity contribution in [2.75, 3.05) is 0 Å². The van der Waals surface area contributed by atoms with Gasteiger partial charge in [0.1, 0.15) is 5.69 Å². The summed E-state index contributed by atoms with van der Waals surface area (Å²) in [5.74, 6) is 8.24. The Bertz CT molecular complexity index is 783. The van der Waals surface area contributed by atoms with Crippen molar-refractivity contribution < 1.29 is 0 Å². The molecule has 1 fully saturated rings. The molecule has 3 rings (SSSR count). The lowest BCUT2D eigenvalue weighted by Crippen LogP contribution is -2.13. The number of unbranched alkanes of at least 4 members (excludes halogenated alkanes) is 4. The van der Waals surface area contributed by atoms with Crippen LogP contribution in [-0.4, -0.2) is 4.98 Å². The summed E-state index contributed by atoms with van der Waals surface area (Å²) in [5.41, 5.74) is 4.77. The van der Waals surface area contributed by atoms with E-state index in [0.717, 1.165) is 29.5 Å². The molecule has 1 aliphatic rings. The maximum Gasteiger partial charge on any atom is 0.113 e. The number of pyridine rings is 1. The molecule has 2 aromatic rings. The topological polar surface area (TPSA) is 12.9 Å². The molecule has 1 aromatic heterocycles. The van der Waals surface area contributed by atoms with Crippen molar-refractivity contribution in [3.8, 4) is 11.8 Å². The first-order chi connectivity index (χ1) is 14.8. The Morgan fingerprint density at radius 1 is 0.800 bits per heavy atom. The average molecular weight is 402 g/mol. The number of nitrogens with zero attached hydrogens (tertiary/aromatic N) is 1. The van der Waals surface area contributed by atoms with Crippen molar-refractivity contribution in [1.82, 2.24) is 4.98 Å². The number of hydrogen-bond acceptors (Lipinski definition) is 1. The van der Waals surface area contributed by atoms with Gasteiger partial charge in [-0.3, -0.25) is 0 Å². The van der Waals surface area contributed by atoms with E-state index >= 15 is 0 Å². The molecule has 1 heterocycles. The number of aryl methyl sites for hydroxylation is 1. The Hall–Kier alpha value is -2.07. The molecule has 1 saturated carbocycles. The maximum absolute atomic E-state index is 4.54. The third-order valence-corrected chi connectivity index (χ3v) is 6.67. The first kappa shape index (κ1) is 22.6. The van der Waals surface area contributed by atoms with Crippen molar-refractivity contribution in [2.45, 2.75) is 96.8 Å². The van der Waals surface area contributed by atoms with E-state index in [2.05, 4.69) is 67.1 Å². The number of rotatable bonds is 9. The van der Waals surface area contributed by atoms with Gasteiger partial charge in [0.15, 0.2) is 0 Å². The predicted octanol–water partition coefficient (Wildman–Crippen LogP) is 8.07. The van der Waals surface area contributed by atoms with Crippen LogP contribution in [0.3, 0.4) is 0 Å². The molecule has 0 amide bonds.